The second kappa shape index (κ2) is 11.9. The molecule has 1 amide bonds. The maximum absolute atomic E-state index is 13.7. The van der Waals surface area contributed by atoms with Crippen molar-refractivity contribution < 1.29 is 22.7 Å². The first-order valence-electron chi connectivity index (χ1n) is 11.8. The summed E-state index contributed by atoms with van der Waals surface area (Å²) in [6, 6.07) is 20.5. The third kappa shape index (κ3) is 6.79. The fraction of sp³-hybridized carbons (Fsp3) is 0.321. The summed E-state index contributed by atoms with van der Waals surface area (Å²) in [5.74, 6) is 1.12. The molecule has 0 saturated carbocycles. The van der Waals surface area contributed by atoms with Crippen molar-refractivity contribution in [2.24, 2.45) is 5.92 Å². The van der Waals surface area contributed by atoms with Crippen molar-refractivity contribution in [1.82, 2.24) is 5.32 Å². The van der Waals surface area contributed by atoms with Gasteiger partial charge in [-0.15, -0.1) is 0 Å². The first-order chi connectivity index (χ1) is 17.1. The number of sulfonamides is 1. The molecule has 1 atom stereocenters. The van der Waals surface area contributed by atoms with Gasteiger partial charge in [0, 0.05) is 6.07 Å². The minimum Gasteiger partial charge on any atom is -0.497 e. The third-order valence-corrected chi connectivity index (χ3v) is 7.59. The highest BCUT2D eigenvalue weighted by Gasteiger charge is 2.28. The quantitative estimate of drug-likeness (QED) is 0.387. The Morgan fingerprint density at radius 2 is 1.56 bits per heavy atom. The number of carbonyl (C=O) groups is 1. The molecule has 0 aliphatic carbocycles. The molecule has 7 nitrogen and oxygen atoms in total. The number of nitrogens with zero attached hydrogens (tertiary/aromatic N) is 1. The molecule has 192 valence electrons. The fourth-order valence-electron chi connectivity index (χ4n) is 3.87. The number of anilines is 1. The molecule has 0 spiro atoms. The number of hydrogen-bond donors (Lipinski definition) is 1. The van der Waals surface area contributed by atoms with Gasteiger partial charge in [0.25, 0.3) is 10.0 Å². The Kier molecular flexibility index (Phi) is 8.98. The molecule has 0 heterocycles. The van der Waals surface area contributed by atoms with Crippen LogP contribution in [0.4, 0.5) is 5.69 Å². The highest BCUT2D eigenvalue weighted by atomic mass is 32.2. The Balaban J connectivity index is 1.93. The van der Waals surface area contributed by atoms with Crippen molar-refractivity contribution in [2.75, 3.05) is 25.1 Å². The number of carbonyl (C=O) groups excluding carboxylic acids is 1. The molecule has 0 aromatic heterocycles. The van der Waals surface area contributed by atoms with Crippen LogP contribution in [0.1, 0.15) is 37.4 Å². The molecular weight excluding hydrogens is 476 g/mol. The number of benzene rings is 3. The van der Waals surface area contributed by atoms with Gasteiger partial charge in [-0.05, 0) is 61.2 Å². The smallest absolute Gasteiger partial charge is 0.264 e. The van der Waals surface area contributed by atoms with Crippen molar-refractivity contribution >= 4 is 21.6 Å². The van der Waals surface area contributed by atoms with Gasteiger partial charge in [-0.2, -0.15) is 0 Å². The van der Waals surface area contributed by atoms with Gasteiger partial charge in [0.15, 0.2) is 0 Å². The van der Waals surface area contributed by atoms with Crippen molar-refractivity contribution in [1.29, 1.82) is 0 Å². The monoisotopic (exact) mass is 510 g/mol. The molecule has 36 heavy (non-hydrogen) atoms. The minimum atomic E-state index is -4.02. The summed E-state index contributed by atoms with van der Waals surface area (Å²) in [4.78, 5) is 13.4. The molecule has 0 radical (unpaired) electrons. The number of rotatable bonds is 11. The Morgan fingerprint density at radius 1 is 0.917 bits per heavy atom. The van der Waals surface area contributed by atoms with Crippen LogP contribution >= 0.6 is 0 Å². The van der Waals surface area contributed by atoms with Crippen LogP contribution in [0.3, 0.4) is 0 Å². The van der Waals surface area contributed by atoms with E-state index < -0.39 is 15.9 Å². The average Bonchev–Trinajstić information content (AvgIpc) is 2.87. The number of amides is 1. The first-order valence-corrected chi connectivity index (χ1v) is 13.2. The van der Waals surface area contributed by atoms with E-state index in [0.29, 0.717) is 23.8 Å². The van der Waals surface area contributed by atoms with Gasteiger partial charge in [0.1, 0.15) is 18.0 Å². The fourth-order valence-corrected chi connectivity index (χ4v) is 5.29. The number of hydrogen-bond acceptors (Lipinski definition) is 5. The molecule has 8 heteroatoms. The van der Waals surface area contributed by atoms with E-state index in [4.69, 9.17) is 9.47 Å². The average molecular weight is 511 g/mol. The Morgan fingerprint density at radius 3 is 2.14 bits per heavy atom. The van der Waals surface area contributed by atoms with Crippen molar-refractivity contribution in [2.45, 2.75) is 38.1 Å². The van der Waals surface area contributed by atoms with Crippen molar-refractivity contribution in [3.63, 3.8) is 0 Å². The maximum atomic E-state index is 13.7. The standard InChI is InChI=1S/C28H34N2O5S/c1-20(2)17-27(22-11-13-24(34-4)14-12-22)29-28(31)19-30(23-7-6-8-25(18-23)35-5)36(32,33)26-15-9-21(3)10-16-26/h6-16,18,20,27H,17,19H2,1-5H3,(H,29,31)/t27-/m0/s1. The maximum Gasteiger partial charge on any atom is 0.264 e. The van der Waals surface area contributed by atoms with E-state index in [1.54, 1.807) is 55.6 Å². The van der Waals surface area contributed by atoms with Crippen LogP contribution in [-0.2, 0) is 14.8 Å². The zero-order valence-electron chi connectivity index (χ0n) is 21.4. The summed E-state index contributed by atoms with van der Waals surface area (Å²) in [6.45, 7) is 5.66. The Hall–Kier alpha value is -3.52. The van der Waals surface area contributed by atoms with E-state index >= 15 is 0 Å². The molecule has 3 rings (SSSR count). The molecule has 3 aromatic rings. The number of methoxy groups -OCH3 is 2. The van der Waals surface area contributed by atoms with E-state index in [9.17, 15) is 13.2 Å². The van der Waals surface area contributed by atoms with Gasteiger partial charge >= 0.3 is 0 Å². The van der Waals surface area contributed by atoms with Crippen LogP contribution in [-0.4, -0.2) is 35.1 Å². The van der Waals surface area contributed by atoms with E-state index in [1.165, 1.54) is 7.11 Å². The molecule has 0 aliphatic rings. The lowest BCUT2D eigenvalue weighted by molar-refractivity contribution is -0.120. The highest BCUT2D eigenvalue weighted by molar-refractivity contribution is 7.92. The molecule has 0 saturated heterocycles. The summed E-state index contributed by atoms with van der Waals surface area (Å²) < 4.78 is 39.0. The number of nitrogens with one attached hydrogen (secondary N) is 1. The lowest BCUT2D eigenvalue weighted by Crippen LogP contribution is -2.42. The molecule has 0 aliphatic heterocycles. The lowest BCUT2D eigenvalue weighted by atomic mass is 9.97. The third-order valence-electron chi connectivity index (χ3n) is 5.80. The minimum absolute atomic E-state index is 0.109. The second-order valence-corrected chi connectivity index (χ2v) is 10.9. The summed E-state index contributed by atoms with van der Waals surface area (Å²) >= 11 is 0. The lowest BCUT2D eigenvalue weighted by Gasteiger charge is -2.27. The van der Waals surface area contributed by atoms with E-state index in [-0.39, 0.29) is 17.5 Å². The molecular formula is C28H34N2O5S. The van der Waals surface area contributed by atoms with Gasteiger partial charge in [-0.3, -0.25) is 9.10 Å². The van der Waals surface area contributed by atoms with Crippen LogP contribution in [0, 0.1) is 12.8 Å². The topological polar surface area (TPSA) is 84.9 Å². The summed E-state index contributed by atoms with van der Waals surface area (Å²) in [6.07, 6.45) is 0.696. The van der Waals surface area contributed by atoms with Gasteiger partial charge in [0.05, 0.1) is 30.8 Å². The second-order valence-electron chi connectivity index (χ2n) is 9.05. The van der Waals surface area contributed by atoms with Crippen LogP contribution in [0.25, 0.3) is 0 Å². The zero-order chi connectivity index (χ0) is 26.3. The van der Waals surface area contributed by atoms with E-state index in [0.717, 1.165) is 21.2 Å². The summed E-state index contributed by atoms with van der Waals surface area (Å²) in [5.41, 5.74) is 2.21. The Bertz CT molecular complexity index is 1260. The van der Waals surface area contributed by atoms with Gasteiger partial charge in [-0.1, -0.05) is 49.7 Å². The SMILES string of the molecule is COc1ccc([C@H](CC(C)C)NC(=O)CN(c2cccc(OC)c2)S(=O)(=O)c2ccc(C)cc2)cc1. The predicted octanol–water partition coefficient (Wildman–Crippen LogP) is 5.11. The zero-order valence-corrected chi connectivity index (χ0v) is 22.2. The van der Waals surface area contributed by atoms with Crippen LogP contribution < -0.4 is 19.1 Å². The van der Waals surface area contributed by atoms with Crippen LogP contribution in [0.2, 0.25) is 0 Å². The molecule has 0 fully saturated rings. The Labute approximate surface area is 214 Å². The summed E-state index contributed by atoms with van der Waals surface area (Å²) in [5, 5.41) is 3.05. The van der Waals surface area contributed by atoms with Crippen molar-refractivity contribution in [3.8, 4) is 11.5 Å². The van der Waals surface area contributed by atoms with E-state index in [2.05, 4.69) is 19.2 Å². The molecule has 3 aromatic carbocycles. The number of aryl methyl sites for hydroxylation is 1. The first kappa shape index (κ1) is 27.1. The van der Waals surface area contributed by atoms with Gasteiger partial charge < -0.3 is 14.8 Å². The highest BCUT2D eigenvalue weighted by Crippen LogP contribution is 2.28. The molecule has 1 N–H and O–H groups in total. The molecule has 0 bridgehead atoms. The molecule has 0 unspecified atom stereocenters. The van der Waals surface area contributed by atoms with Crippen molar-refractivity contribution in [3.05, 3.63) is 83.9 Å². The van der Waals surface area contributed by atoms with Crippen LogP contribution in [0.15, 0.2) is 77.7 Å². The van der Waals surface area contributed by atoms with E-state index in [1.807, 2.05) is 31.2 Å². The predicted molar refractivity (Wildman–Crippen MR) is 142 cm³/mol. The normalized spacial score (nSPS) is 12.2. The largest absolute Gasteiger partial charge is 0.497 e. The summed E-state index contributed by atoms with van der Waals surface area (Å²) in [7, 11) is -0.912. The van der Waals surface area contributed by atoms with Gasteiger partial charge in [0.2, 0.25) is 5.91 Å². The van der Waals surface area contributed by atoms with Gasteiger partial charge in [-0.25, -0.2) is 8.42 Å². The number of ether oxygens (including phenoxy) is 2. The van der Waals surface area contributed by atoms with Crippen LogP contribution in [0.5, 0.6) is 11.5 Å².